The van der Waals surface area contributed by atoms with Gasteiger partial charge in [0.1, 0.15) is 10.9 Å². The molecule has 1 aliphatic heterocycles. The van der Waals surface area contributed by atoms with Crippen LogP contribution >= 0.6 is 35.6 Å². The van der Waals surface area contributed by atoms with Crippen LogP contribution in [0.5, 0.6) is 11.5 Å². The summed E-state index contributed by atoms with van der Waals surface area (Å²) >= 11 is 13.0. The first kappa shape index (κ1) is 22.4. The number of carbonyl (C=O) groups excluding carboxylic acids is 1. The Hall–Kier alpha value is -2.80. The predicted octanol–water partition coefficient (Wildman–Crippen LogP) is 6.33. The van der Waals surface area contributed by atoms with Crippen LogP contribution in [-0.2, 0) is 17.9 Å². The molecule has 32 heavy (non-hydrogen) atoms. The summed E-state index contributed by atoms with van der Waals surface area (Å²) in [5.74, 6) is 1.10. The Morgan fingerprint density at radius 3 is 2.53 bits per heavy atom. The number of thiocarbonyl (C=S) groups is 1. The van der Waals surface area contributed by atoms with Crippen LogP contribution in [-0.4, -0.2) is 22.2 Å². The molecule has 1 saturated heterocycles. The molecule has 3 aromatic rings. The van der Waals surface area contributed by atoms with E-state index in [4.69, 9.17) is 33.3 Å². The molecule has 0 atom stereocenters. The topological polar surface area (TPSA) is 38.8 Å². The highest BCUT2D eigenvalue weighted by atomic mass is 35.5. The second kappa shape index (κ2) is 10.2. The second-order valence-corrected chi connectivity index (χ2v) is 9.13. The lowest BCUT2D eigenvalue weighted by molar-refractivity contribution is -0.122. The van der Waals surface area contributed by atoms with Gasteiger partial charge in [-0.1, -0.05) is 90.2 Å². The molecule has 0 saturated carbocycles. The number of rotatable bonds is 7. The second-order valence-electron chi connectivity index (χ2n) is 7.04. The number of amides is 1. The Morgan fingerprint density at radius 2 is 1.78 bits per heavy atom. The molecule has 0 bridgehead atoms. The Labute approximate surface area is 201 Å². The SMILES string of the molecule is COc1cc(/C=C2\SC(=S)N(Cc3ccccc3Cl)C2=O)ccc1OCc1ccccc1. The van der Waals surface area contributed by atoms with Gasteiger partial charge in [-0.3, -0.25) is 9.69 Å². The zero-order valence-electron chi connectivity index (χ0n) is 17.3. The molecule has 3 aromatic carbocycles. The maximum absolute atomic E-state index is 13.0. The van der Waals surface area contributed by atoms with Gasteiger partial charge < -0.3 is 9.47 Å². The van der Waals surface area contributed by atoms with Crippen LogP contribution in [0.3, 0.4) is 0 Å². The van der Waals surface area contributed by atoms with Gasteiger partial charge in [0.25, 0.3) is 5.91 Å². The van der Waals surface area contributed by atoms with Crippen molar-refractivity contribution in [2.24, 2.45) is 0 Å². The van der Waals surface area contributed by atoms with Crippen LogP contribution in [0.25, 0.3) is 6.08 Å². The van der Waals surface area contributed by atoms with E-state index in [2.05, 4.69) is 0 Å². The summed E-state index contributed by atoms with van der Waals surface area (Å²) in [6.45, 7) is 0.786. The molecule has 1 heterocycles. The standard InChI is InChI=1S/C25H20ClNO3S2/c1-29-22-13-18(11-12-21(22)30-16-17-7-3-2-4-8-17)14-23-24(28)27(25(31)32-23)15-19-9-5-6-10-20(19)26/h2-14H,15-16H2,1H3/b23-14-. The summed E-state index contributed by atoms with van der Waals surface area (Å²) in [7, 11) is 1.59. The van der Waals surface area contributed by atoms with Gasteiger partial charge in [0.05, 0.1) is 18.6 Å². The minimum atomic E-state index is -0.136. The molecule has 0 aliphatic carbocycles. The molecule has 1 aliphatic rings. The Morgan fingerprint density at radius 1 is 1.03 bits per heavy atom. The molecular weight excluding hydrogens is 462 g/mol. The smallest absolute Gasteiger partial charge is 0.266 e. The third-order valence-electron chi connectivity index (χ3n) is 4.88. The molecule has 162 valence electrons. The Bertz CT molecular complexity index is 1180. The van der Waals surface area contributed by atoms with Crippen LogP contribution in [0.15, 0.2) is 77.7 Å². The normalized spacial score (nSPS) is 14.8. The highest BCUT2D eigenvalue weighted by molar-refractivity contribution is 8.26. The zero-order valence-corrected chi connectivity index (χ0v) is 19.7. The molecule has 0 spiro atoms. The Balaban J connectivity index is 1.50. The largest absolute Gasteiger partial charge is 0.493 e. The van der Waals surface area contributed by atoms with E-state index in [1.54, 1.807) is 18.1 Å². The highest BCUT2D eigenvalue weighted by Crippen LogP contribution is 2.36. The molecule has 0 aromatic heterocycles. The fourth-order valence-corrected chi connectivity index (χ4v) is 4.66. The summed E-state index contributed by atoms with van der Waals surface area (Å²) < 4.78 is 11.9. The average molecular weight is 482 g/mol. The molecule has 4 rings (SSSR count). The molecule has 0 radical (unpaired) electrons. The number of hydrogen-bond acceptors (Lipinski definition) is 5. The van der Waals surface area contributed by atoms with Crippen molar-refractivity contribution in [1.82, 2.24) is 4.90 Å². The predicted molar refractivity (Wildman–Crippen MR) is 134 cm³/mol. The van der Waals surface area contributed by atoms with E-state index in [0.717, 1.165) is 16.7 Å². The summed E-state index contributed by atoms with van der Waals surface area (Å²) in [5.41, 5.74) is 2.75. The quantitative estimate of drug-likeness (QED) is 0.291. The number of halogens is 1. The number of ether oxygens (including phenoxy) is 2. The number of nitrogens with zero attached hydrogens (tertiary/aromatic N) is 1. The van der Waals surface area contributed by atoms with Crippen molar-refractivity contribution in [2.45, 2.75) is 13.2 Å². The molecule has 0 unspecified atom stereocenters. The molecule has 1 amide bonds. The van der Waals surface area contributed by atoms with Crippen LogP contribution in [0.4, 0.5) is 0 Å². The third-order valence-corrected chi connectivity index (χ3v) is 6.63. The van der Waals surface area contributed by atoms with E-state index in [0.29, 0.717) is 38.9 Å². The van der Waals surface area contributed by atoms with Gasteiger partial charge in [0, 0.05) is 5.02 Å². The maximum Gasteiger partial charge on any atom is 0.266 e. The number of carbonyl (C=O) groups is 1. The fourth-order valence-electron chi connectivity index (χ4n) is 3.21. The van der Waals surface area contributed by atoms with Gasteiger partial charge in [-0.05, 0) is 41.0 Å². The van der Waals surface area contributed by atoms with Gasteiger partial charge in [-0.25, -0.2) is 0 Å². The first-order valence-corrected chi connectivity index (χ1v) is 11.5. The lowest BCUT2D eigenvalue weighted by Crippen LogP contribution is -2.27. The molecular formula is C25H20ClNO3S2. The van der Waals surface area contributed by atoms with Crippen LogP contribution in [0.1, 0.15) is 16.7 Å². The first-order valence-electron chi connectivity index (χ1n) is 9.88. The lowest BCUT2D eigenvalue weighted by Gasteiger charge is -2.15. The summed E-state index contributed by atoms with van der Waals surface area (Å²) in [4.78, 5) is 15.1. The minimum Gasteiger partial charge on any atom is -0.493 e. The van der Waals surface area contributed by atoms with Crippen LogP contribution < -0.4 is 9.47 Å². The number of hydrogen-bond donors (Lipinski definition) is 0. The maximum atomic E-state index is 13.0. The highest BCUT2D eigenvalue weighted by Gasteiger charge is 2.32. The van der Waals surface area contributed by atoms with Crippen molar-refractivity contribution in [3.63, 3.8) is 0 Å². The average Bonchev–Trinajstić information content (AvgIpc) is 3.07. The summed E-state index contributed by atoms with van der Waals surface area (Å²) in [6, 6.07) is 23.0. The fraction of sp³-hybridized carbons (Fsp3) is 0.120. The third kappa shape index (κ3) is 5.15. The summed E-state index contributed by atoms with van der Waals surface area (Å²) in [5, 5.41) is 0.612. The molecule has 7 heteroatoms. The van der Waals surface area contributed by atoms with Gasteiger partial charge in [-0.2, -0.15) is 0 Å². The van der Waals surface area contributed by atoms with Gasteiger partial charge >= 0.3 is 0 Å². The van der Waals surface area contributed by atoms with E-state index >= 15 is 0 Å². The molecule has 4 nitrogen and oxygen atoms in total. The summed E-state index contributed by atoms with van der Waals surface area (Å²) in [6.07, 6.45) is 1.81. The van der Waals surface area contributed by atoms with E-state index < -0.39 is 0 Å². The van der Waals surface area contributed by atoms with Crippen molar-refractivity contribution in [2.75, 3.05) is 7.11 Å². The van der Waals surface area contributed by atoms with Crippen molar-refractivity contribution < 1.29 is 14.3 Å². The van der Waals surface area contributed by atoms with Crippen molar-refractivity contribution in [1.29, 1.82) is 0 Å². The van der Waals surface area contributed by atoms with Crippen molar-refractivity contribution in [3.05, 3.63) is 99.4 Å². The molecule has 1 fully saturated rings. The van der Waals surface area contributed by atoms with E-state index in [9.17, 15) is 4.79 Å². The minimum absolute atomic E-state index is 0.136. The van der Waals surface area contributed by atoms with E-state index in [1.165, 1.54) is 11.8 Å². The van der Waals surface area contributed by atoms with Gasteiger partial charge in [-0.15, -0.1) is 0 Å². The zero-order chi connectivity index (χ0) is 22.5. The van der Waals surface area contributed by atoms with Gasteiger partial charge in [0.2, 0.25) is 0 Å². The number of benzene rings is 3. The number of thioether (sulfide) groups is 1. The first-order chi connectivity index (χ1) is 15.5. The van der Waals surface area contributed by atoms with Crippen molar-refractivity contribution in [3.8, 4) is 11.5 Å². The Kier molecular flexibility index (Phi) is 7.15. The lowest BCUT2D eigenvalue weighted by atomic mass is 10.1. The van der Waals surface area contributed by atoms with Crippen LogP contribution in [0, 0.1) is 0 Å². The van der Waals surface area contributed by atoms with Crippen LogP contribution in [0.2, 0.25) is 5.02 Å². The van der Waals surface area contributed by atoms with Crippen molar-refractivity contribution >= 4 is 51.9 Å². The van der Waals surface area contributed by atoms with E-state index in [-0.39, 0.29) is 5.91 Å². The number of methoxy groups -OCH3 is 1. The monoisotopic (exact) mass is 481 g/mol. The van der Waals surface area contributed by atoms with Gasteiger partial charge in [0.15, 0.2) is 11.5 Å². The van der Waals surface area contributed by atoms with E-state index in [1.807, 2.05) is 72.8 Å². The molecule has 0 N–H and O–H groups in total.